The molecule has 2 aromatic carbocycles. The second-order valence-corrected chi connectivity index (χ2v) is 9.87. The van der Waals surface area contributed by atoms with Gasteiger partial charge in [0.1, 0.15) is 6.04 Å². The minimum absolute atomic E-state index is 0.0666. The van der Waals surface area contributed by atoms with Crippen molar-refractivity contribution in [3.05, 3.63) is 70.7 Å². The van der Waals surface area contributed by atoms with E-state index in [1.165, 1.54) is 16.2 Å². The van der Waals surface area contributed by atoms with E-state index in [0.29, 0.717) is 11.6 Å². The molecule has 9 nitrogen and oxygen atoms in total. The molecular formula is C23H29ClN6O3S. The molecule has 3 N–H and O–H groups in total. The van der Waals surface area contributed by atoms with Crippen LogP contribution >= 0.6 is 11.6 Å². The van der Waals surface area contributed by atoms with Crippen LogP contribution in [0.2, 0.25) is 5.02 Å². The van der Waals surface area contributed by atoms with Crippen LogP contribution < -0.4 is 10.5 Å². The summed E-state index contributed by atoms with van der Waals surface area (Å²) < 4.78 is 29.7. The average Bonchev–Trinajstić information content (AvgIpc) is 3.25. The summed E-state index contributed by atoms with van der Waals surface area (Å²) in [6.07, 6.45) is 0. The molecule has 2 aromatic rings. The normalized spacial score (nSPS) is 17.6. The van der Waals surface area contributed by atoms with Gasteiger partial charge in [0.25, 0.3) is 0 Å². The maximum absolute atomic E-state index is 13.0. The molecule has 2 atom stereocenters. The number of aliphatic imine (C=N–C) groups is 1. The van der Waals surface area contributed by atoms with Crippen LogP contribution in [0.1, 0.15) is 37.8 Å². The van der Waals surface area contributed by atoms with Crippen molar-refractivity contribution in [2.75, 3.05) is 19.6 Å². The Hall–Kier alpha value is -2.95. The van der Waals surface area contributed by atoms with Gasteiger partial charge in [-0.2, -0.15) is 17.8 Å². The number of benzene rings is 2. The minimum atomic E-state index is -3.93. The Kier molecular flexibility index (Phi) is 8.29. The van der Waals surface area contributed by atoms with Crippen LogP contribution in [0.25, 0.3) is 0 Å². The molecule has 0 aliphatic carbocycles. The lowest BCUT2D eigenvalue weighted by atomic mass is 9.91. The molecule has 0 saturated heterocycles. The molecule has 34 heavy (non-hydrogen) atoms. The molecule has 0 spiro atoms. The van der Waals surface area contributed by atoms with E-state index in [9.17, 15) is 13.2 Å². The van der Waals surface area contributed by atoms with Gasteiger partial charge in [-0.3, -0.25) is 4.79 Å². The second-order valence-electron chi connectivity index (χ2n) is 7.76. The third-order valence-electron chi connectivity index (χ3n) is 5.49. The van der Waals surface area contributed by atoms with E-state index in [4.69, 9.17) is 22.4 Å². The van der Waals surface area contributed by atoms with Gasteiger partial charge in [0.2, 0.25) is 11.9 Å². The molecule has 0 bridgehead atoms. The monoisotopic (exact) mass is 504 g/mol. The van der Waals surface area contributed by atoms with E-state index < -0.39 is 22.2 Å². The van der Waals surface area contributed by atoms with Gasteiger partial charge in [-0.15, -0.1) is 0 Å². The Labute approximate surface area is 205 Å². The van der Waals surface area contributed by atoms with Crippen molar-refractivity contribution >= 4 is 39.4 Å². The zero-order chi connectivity index (χ0) is 24.9. The van der Waals surface area contributed by atoms with E-state index in [1.54, 1.807) is 26.0 Å². The molecule has 3 rings (SSSR count). The van der Waals surface area contributed by atoms with Crippen LogP contribution in [-0.4, -0.2) is 61.0 Å². The van der Waals surface area contributed by atoms with Crippen molar-refractivity contribution in [3.8, 4) is 0 Å². The van der Waals surface area contributed by atoms with Crippen LogP contribution in [0, 0.1) is 0 Å². The van der Waals surface area contributed by atoms with Gasteiger partial charge in [-0.25, -0.2) is 14.7 Å². The number of nitrogens with one attached hydrogen (secondary N) is 1. The van der Waals surface area contributed by atoms with Crippen molar-refractivity contribution in [2.24, 2.45) is 15.8 Å². The molecule has 11 heteroatoms. The molecule has 0 radical (unpaired) electrons. The fraction of sp³-hybridized carbons (Fsp3) is 0.348. The molecule has 182 valence electrons. The average molecular weight is 505 g/mol. The summed E-state index contributed by atoms with van der Waals surface area (Å²) in [5.74, 6) is -0.919. The smallest absolute Gasteiger partial charge is 0.303 e. The molecule has 0 saturated carbocycles. The first kappa shape index (κ1) is 25.7. The first-order valence-electron chi connectivity index (χ1n) is 11.0. The molecule has 1 aliphatic rings. The highest BCUT2D eigenvalue weighted by molar-refractivity contribution is 7.87. The van der Waals surface area contributed by atoms with Crippen molar-refractivity contribution in [1.82, 2.24) is 14.0 Å². The van der Waals surface area contributed by atoms with Crippen molar-refractivity contribution < 1.29 is 13.2 Å². The summed E-state index contributed by atoms with van der Waals surface area (Å²) >= 11 is 6.07. The van der Waals surface area contributed by atoms with Crippen molar-refractivity contribution in [3.63, 3.8) is 0 Å². The number of nitrogens with two attached hydrogens (primary N) is 1. The number of nitrogens with zero attached hydrogens (tertiary/aromatic N) is 4. The SMILES string of the molecule is CCN(CC)S(=O)(=O)NC(=NC(C)C(N)=O)N1CC(c2ccccc2)C(c2ccc(Cl)cc2)=N1. The highest BCUT2D eigenvalue weighted by Crippen LogP contribution is 2.29. The highest BCUT2D eigenvalue weighted by Gasteiger charge is 2.34. The number of rotatable bonds is 8. The Morgan fingerprint density at radius 2 is 1.82 bits per heavy atom. The van der Waals surface area contributed by atoms with Gasteiger partial charge in [0.05, 0.1) is 12.3 Å². The standard InChI is InChI=1S/C23H29ClN6O3S/c1-4-29(5-2)34(32,33)28-23(26-16(3)22(25)31)30-15-20(17-9-7-6-8-10-17)21(27-30)18-11-13-19(24)14-12-18/h6-14,16,20H,4-5,15H2,1-3H3,(H2,25,31)(H,26,28). The van der Waals surface area contributed by atoms with Gasteiger partial charge in [-0.1, -0.05) is 67.9 Å². The maximum atomic E-state index is 13.0. The number of hydrazone groups is 1. The molecule has 0 aromatic heterocycles. The number of halogens is 1. The van der Waals surface area contributed by atoms with Crippen LogP contribution in [-0.2, 0) is 15.0 Å². The summed E-state index contributed by atoms with van der Waals surface area (Å²) in [4.78, 5) is 16.0. The van der Waals surface area contributed by atoms with E-state index in [1.807, 2.05) is 42.5 Å². The fourth-order valence-electron chi connectivity index (χ4n) is 3.60. The third-order valence-corrected chi connectivity index (χ3v) is 7.38. The largest absolute Gasteiger partial charge is 0.368 e. The van der Waals surface area contributed by atoms with E-state index in [0.717, 1.165) is 16.8 Å². The number of hydrogen-bond acceptors (Lipinski definition) is 5. The van der Waals surface area contributed by atoms with Crippen molar-refractivity contribution in [1.29, 1.82) is 0 Å². The molecule has 2 unspecified atom stereocenters. The Balaban J connectivity index is 2.07. The van der Waals surface area contributed by atoms with Crippen LogP contribution in [0.5, 0.6) is 0 Å². The summed E-state index contributed by atoms with van der Waals surface area (Å²) in [6.45, 7) is 5.84. The number of carbonyl (C=O) groups is 1. The van der Waals surface area contributed by atoms with E-state index in [-0.39, 0.29) is 25.0 Å². The van der Waals surface area contributed by atoms with Gasteiger partial charge >= 0.3 is 10.2 Å². The lowest BCUT2D eigenvalue weighted by Crippen LogP contribution is -2.49. The topological polar surface area (TPSA) is 120 Å². The Morgan fingerprint density at radius 1 is 1.21 bits per heavy atom. The molecule has 1 heterocycles. The van der Waals surface area contributed by atoms with Gasteiger partial charge in [0, 0.05) is 24.0 Å². The molecule has 1 aliphatic heterocycles. The fourth-order valence-corrected chi connectivity index (χ4v) is 4.92. The summed E-state index contributed by atoms with van der Waals surface area (Å²) in [5, 5.41) is 6.80. The summed E-state index contributed by atoms with van der Waals surface area (Å²) in [6, 6.07) is 16.1. The van der Waals surface area contributed by atoms with Gasteiger partial charge in [-0.05, 0) is 30.2 Å². The maximum Gasteiger partial charge on any atom is 0.303 e. The number of carbonyl (C=O) groups excluding carboxylic acids is 1. The van der Waals surface area contributed by atoms with E-state index in [2.05, 4.69) is 9.71 Å². The minimum Gasteiger partial charge on any atom is -0.368 e. The zero-order valence-electron chi connectivity index (χ0n) is 19.3. The highest BCUT2D eigenvalue weighted by atomic mass is 35.5. The zero-order valence-corrected chi connectivity index (χ0v) is 20.9. The summed E-state index contributed by atoms with van der Waals surface area (Å²) in [7, 11) is -3.93. The number of primary amides is 1. The quantitative estimate of drug-likeness (QED) is 0.424. The number of hydrogen-bond donors (Lipinski definition) is 2. The molecule has 0 fully saturated rings. The Morgan fingerprint density at radius 3 is 2.38 bits per heavy atom. The predicted octanol–water partition coefficient (Wildman–Crippen LogP) is 2.55. The van der Waals surface area contributed by atoms with Gasteiger partial charge in [0.15, 0.2) is 0 Å². The molecular weight excluding hydrogens is 476 g/mol. The van der Waals surface area contributed by atoms with Crippen LogP contribution in [0.3, 0.4) is 0 Å². The summed E-state index contributed by atoms with van der Waals surface area (Å²) in [5.41, 5.74) is 7.98. The second kappa shape index (κ2) is 11.0. The van der Waals surface area contributed by atoms with E-state index >= 15 is 0 Å². The number of amides is 1. The lowest BCUT2D eigenvalue weighted by molar-refractivity contribution is -0.118. The Bertz CT molecular complexity index is 1160. The van der Waals surface area contributed by atoms with Crippen molar-refractivity contribution in [2.45, 2.75) is 32.7 Å². The van der Waals surface area contributed by atoms with Crippen LogP contribution in [0.15, 0.2) is 64.7 Å². The first-order valence-corrected chi connectivity index (χ1v) is 12.8. The molecule has 1 amide bonds. The number of guanidine groups is 1. The predicted molar refractivity (Wildman–Crippen MR) is 135 cm³/mol. The lowest BCUT2D eigenvalue weighted by Gasteiger charge is -2.24. The van der Waals surface area contributed by atoms with Crippen LogP contribution in [0.4, 0.5) is 0 Å². The first-order chi connectivity index (χ1) is 16.2. The third kappa shape index (κ3) is 5.94. The van der Waals surface area contributed by atoms with Gasteiger partial charge < -0.3 is 5.73 Å².